The van der Waals surface area contributed by atoms with Gasteiger partial charge in [-0.25, -0.2) is 13.4 Å². The Bertz CT molecular complexity index is 1400. The van der Waals surface area contributed by atoms with Crippen LogP contribution in [0.2, 0.25) is 5.02 Å². The van der Waals surface area contributed by atoms with Crippen molar-refractivity contribution < 1.29 is 13.2 Å². The summed E-state index contributed by atoms with van der Waals surface area (Å²) >= 11 is 7.26. The van der Waals surface area contributed by atoms with Gasteiger partial charge in [0.2, 0.25) is 5.91 Å². The summed E-state index contributed by atoms with van der Waals surface area (Å²) in [5, 5.41) is 3.72. The number of aromatic nitrogens is 1. The predicted octanol–water partition coefficient (Wildman–Crippen LogP) is 6.89. The van der Waals surface area contributed by atoms with E-state index in [0.29, 0.717) is 10.2 Å². The minimum absolute atomic E-state index is 0.149. The molecule has 8 heteroatoms. The summed E-state index contributed by atoms with van der Waals surface area (Å²) in [6.45, 7) is 2.10. The largest absolute Gasteiger partial charge is 0.302 e. The minimum atomic E-state index is -3.58. The van der Waals surface area contributed by atoms with Gasteiger partial charge in [-0.3, -0.25) is 4.79 Å². The highest BCUT2D eigenvalue weighted by Gasteiger charge is 2.19. The van der Waals surface area contributed by atoms with Crippen molar-refractivity contribution in [2.45, 2.75) is 31.1 Å². The number of carbonyl (C=O) groups excluding carboxylic acids is 1. The molecule has 0 aliphatic heterocycles. The van der Waals surface area contributed by atoms with Crippen LogP contribution in [0, 0.1) is 0 Å². The number of nitrogens with zero attached hydrogens (tertiary/aromatic N) is 1. The maximum absolute atomic E-state index is 12.5. The second-order valence-corrected chi connectivity index (χ2v) is 11.7. The Labute approximate surface area is 214 Å². The molecule has 0 atom stereocenters. The van der Waals surface area contributed by atoms with E-state index in [1.165, 1.54) is 35.6 Å². The Balaban J connectivity index is 1.46. The lowest BCUT2D eigenvalue weighted by Gasteiger charge is -2.05. The van der Waals surface area contributed by atoms with Gasteiger partial charge in [-0.05, 0) is 41.8 Å². The van der Waals surface area contributed by atoms with Gasteiger partial charge in [0.25, 0.3) is 0 Å². The molecule has 35 heavy (non-hydrogen) atoms. The standard InChI is InChI=1S/C27H25ClN2O3S2/c1-2-6-24-26(21-11-9-20(10-12-21)19-7-4-3-5-8-19)30-27(34-24)29-25(31)17-18-35(32,33)23-15-13-22(28)14-16-23/h3-5,7-16H,2,6,17-18H2,1H3,(H,29,30,31). The molecule has 0 saturated heterocycles. The van der Waals surface area contributed by atoms with Crippen LogP contribution < -0.4 is 5.32 Å². The molecule has 0 spiro atoms. The summed E-state index contributed by atoms with van der Waals surface area (Å²) < 4.78 is 25.0. The second-order valence-electron chi connectivity index (χ2n) is 8.06. The summed E-state index contributed by atoms with van der Waals surface area (Å²) in [4.78, 5) is 18.4. The lowest BCUT2D eigenvalue weighted by molar-refractivity contribution is -0.115. The van der Waals surface area contributed by atoms with Gasteiger partial charge in [-0.2, -0.15) is 0 Å². The molecule has 0 aliphatic rings. The highest BCUT2D eigenvalue weighted by Crippen LogP contribution is 2.33. The first-order valence-corrected chi connectivity index (χ1v) is 14.1. The first-order chi connectivity index (χ1) is 16.9. The molecular weight excluding hydrogens is 500 g/mol. The molecule has 0 radical (unpaired) electrons. The number of carbonyl (C=O) groups is 1. The first-order valence-electron chi connectivity index (χ1n) is 11.3. The Morgan fingerprint density at radius 1 is 0.914 bits per heavy atom. The Morgan fingerprint density at radius 2 is 1.54 bits per heavy atom. The zero-order chi connectivity index (χ0) is 24.8. The fraction of sp³-hybridized carbons (Fsp3) is 0.185. The molecule has 0 unspecified atom stereocenters. The van der Waals surface area contributed by atoms with Crippen molar-refractivity contribution in [1.29, 1.82) is 0 Å². The summed E-state index contributed by atoms with van der Waals surface area (Å²) in [5.41, 5.74) is 4.10. The maximum atomic E-state index is 12.5. The van der Waals surface area contributed by atoms with E-state index in [2.05, 4.69) is 41.5 Å². The van der Waals surface area contributed by atoms with Crippen LogP contribution in [-0.4, -0.2) is 25.1 Å². The van der Waals surface area contributed by atoms with E-state index in [-0.39, 0.29) is 23.0 Å². The van der Waals surface area contributed by atoms with E-state index >= 15 is 0 Å². The molecule has 5 nitrogen and oxygen atoms in total. The molecule has 0 saturated carbocycles. The van der Waals surface area contributed by atoms with Crippen molar-refractivity contribution in [3.8, 4) is 22.4 Å². The van der Waals surface area contributed by atoms with Gasteiger partial charge >= 0.3 is 0 Å². The van der Waals surface area contributed by atoms with Crippen molar-refractivity contribution in [3.63, 3.8) is 0 Å². The molecule has 4 rings (SSSR count). The third kappa shape index (κ3) is 6.36. The van der Waals surface area contributed by atoms with Gasteiger partial charge in [0, 0.05) is 21.9 Å². The Morgan fingerprint density at radius 3 is 2.20 bits per heavy atom. The van der Waals surface area contributed by atoms with Crippen molar-refractivity contribution >= 4 is 43.8 Å². The van der Waals surface area contributed by atoms with E-state index in [4.69, 9.17) is 11.6 Å². The van der Waals surface area contributed by atoms with E-state index < -0.39 is 9.84 Å². The van der Waals surface area contributed by atoms with Crippen LogP contribution in [0.4, 0.5) is 5.13 Å². The van der Waals surface area contributed by atoms with E-state index in [1.54, 1.807) is 0 Å². The number of nitrogens with one attached hydrogen (secondary N) is 1. The molecule has 4 aromatic rings. The van der Waals surface area contributed by atoms with Crippen LogP contribution in [0.25, 0.3) is 22.4 Å². The third-order valence-electron chi connectivity index (χ3n) is 5.46. The normalized spacial score (nSPS) is 11.4. The molecule has 180 valence electrons. The van der Waals surface area contributed by atoms with Crippen LogP contribution in [0.5, 0.6) is 0 Å². The molecular formula is C27H25ClN2O3S2. The molecule has 3 aromatic carbocycles. The van der Waals surface area contributed by atoms with Crippen molar-refractivity contribution in [1.82, 2.24) is 4.98 Å². The molecule has 0 bridgehead atoms. The maximum Gasteiger partial charge on any atom is 0.227 e. The topological polar surface area (TPSA) is 76.1 Å². The first kappa shape index (κ1) is 25.1. The average Bonchev–Trinajstić information content (AvgIpc) is 3.26. The number of hydrogen-bond donors (Lipinski definition) is 1. The van der Waals surface area contributed by atoms with E-state index in [9.17, 15) is 13.2 Å². The quantitative estimate of drug-likeness (QED) is 0.259. The SMILES string of the molecule is CCCc1sc(NC(=O)CCS(=O)(=O)c2ccc(Cl)cc2)nc1-c1ccc(-c2ccccc2)cc1. The Kier molecular flexibility index (Phi) is 8.00. The molecule has 1 amide bonds. The summed E-state index contributed by atoms with van der Waals surface area (Å²) in [7, 11) is -3.58. The van der Waals surface area contributed by atoms with Crippen LogP contribution in [0.15, 0.2) is 83.8 Å². The molecule has 1 aromatic heterocycles. The molecule has 1 N–H and O–H groups in total. The highest BCUT2D eigenvalue weighted by atomic mass is 35.5. The summed E-state index contributed by atoms with van der Waals surface area (Å²) in [6, 6.07) is 24.3. The van der Waals surface area contributed by atoms with Gasteiger partial charge < -0.3 is 5.32 Å². The number of hydrogen-bond acceptors (Lipinski definition) is 5. The van der Waals surface area contributed by atoms with Crippen molar-refractivity contribution in [2.75, 3.05) is 11.1 Å². The molecule has 0 aliphatic carbocycles. The zero-order valence-corrected chi connectivity index (χ0v) is 21.6. The van der Waals surface area contributed by atoms with Gasteiger partial charge in [0.05, 0.1) is 16.3 Å². The fourth-order valence-electron chi connectivity index (χ4n) is 3.65. The van der Waals surface area contributed by atoms with Crippen LogP contribution in [0.3, 0.4) is 0 Å². The number of amides is 1. The lowest BCUT2D eigenvalue weighted by atomic mass is 10.0. The highest BCUT2D eigenvalue weighted by molar-refractivity contribution is 7.91. The van der Waals surface area contributed by atoms with Gasteiger partial charge in [-0.1, -0.05) is 79.5 Å². The van der Waals surface area contributed by atoms with Crippen LogP contribution in [0.1, 0.15) is 24.6 Å². The number of anilines is 1. The van der Waals surface area contributed by atoms with E-state index in [0.717, 1.165) is 40.1 Å². The van der Waals surface area contributed by atoms with Crippen LogP contribution >= 0.6 is 22.9 Å². The zero-order valence-electron chi connectivity index (χ0n) is 19.2. The van der Waals surface area contributed by atoms with Gasteiger partial charge in [-0.15, -0.1) is 11.3 Å². The number of thiazole rings is 1. The lowest BCUT2D eigenvalue weighted by Crippen LogP contribution is -2.17. The number of benzene rings is 3. The summed E-state index contributed by atoms with van der Waals surface area (Å²) in [6.07, 6.45) is 1.63. The van der Waals surface area contributed by atoms with Crippen molar-refractivity contribution in [3.05, 3.63) is 88.8 Å². The van der Waals surface area contributed by atoms with E-state index in [1.807, 2.05) is 30.3 Å². The summed E-state index contributed by atoms with van der Waals surface area (Å²) in [5.74, 6) is -0.674. The minimum Gasteiger partial charge on any atom is -0.302 e. The van der Waals surface area contributed by atoms with Gasteiger partial charge in [0.15, 0.2) is 15.0 Å². The van der Waals surface area contributed by atoms with Crippen molar-refractivity contribution in [2.24, 2.45) is 0 Å². The monoisotopic (exact) mass is 524 g/mol. The third-order valence-corrected chi connectivity index (χ3v) is 8.47. The smallest absolute Gasteiger partial charge is 0.227 e. The molecule has 0 fully saturated rings. The second kappa shape index (κ2) is 11.2. The molecule has 1 heterocycles. The Hall–Kier alpha value is -3.00. The number of rotatable bonds is 9. The van der Waals surface area contributed by atoms with Gasteiger partial charge in [0.1, 0.15) is 0 Å². The number of aryl methyl sites for hydroxylation is 1. The fourth-order valence-corrected chi connectivity index (χ4v) is 6.12. The number of sulfone groups is 1. The predicted molar refractivity (Wildman–Crippen MR) is 144 cm³/mol. The number of halogens is 1. The average molecular weight is 525 g/mol. The van der Waals surface area contributed by atoms with Crippen LogP contribution in [-0.2, 0) is 21.1 Å².